The van der Waals surface area contributed by atoms with Gasteiger partial charge in [-0.2, -0.15) is 26.3 Å². The number of benzene rings is 2. The summed E-state index contributed by atoms with van der Waals surface area (Å²) < 4.78 is 91.4. The maximum Gasteiger partial charge on any atom is 0.435 e. The van der Waals surface area contributed by atoms with E-state index in [0.717, 1.165) is 12.1 Å². The molecule has 3 nitrogen and oxygen atoms in total. The number of hydrogen-bond donors (Lipinski definition) is 1. The Kier molecular flexibility index (Phi) is 6.80. The first kappa shape index (κ1) is 23.7. The molecule has 2 aromatic rings. The molecule has 0 aliphatic heterocycles. The summed E-state index contributed by atoms with van der Waals surface area (Å²) in [6.07, 6.45) is -12.4. The Labute approximate surface area is 168 Å². The van der Waals surface area contributed by atoms with Gasteiger partial charge in [0.2, 0.25) is 0 Å². The number of rotatable bonds is 6. The molecule has 0 fully saturated rings. The zero-order valence-corrected chi connectivity index (χ0v) is 16.0. The summed E-state index contributed by atoms with van der Waals surface area (Å²) >= 11 is 0. The summed E-state index contributed by atoms with van der Waals surface area (Å²) in [6.45, 7) is 3.33. The van der Waals surface area contributed by atoms with E-state index in [1.54, 1.807) is 44.2 Å². The molecule has 0 aliphatic rings. The molecule has 2 aromatic carbocycles. The molecule has 0 aliphatic carbocycles. The smallest absolute Gasteiger partial charge is 0.269 e. The molecule has 0 unspecified atom stereocenters. The van der Waals surface area contributed by atoms with E-state index in [0.29, 0.717) is 17.7 Å². The van der Waals surface area contributed by atoms with Crippen molar-refractivity contribution in [3.8, 4) is 0 Å². The van der Waals surface area contributed by atoms with Crippen molar-refractivity contribution in [2.45, 2.75) is 44.5 Å². The minimum atomic E-state index is -6.18. The van der Waals surface area contributed by atoms with Crippen LogP contribution in [-0.2, 0) is 12.2 Å². The first-order chi connectivity index (χ1) is 13.8. The number of nitrogens with zero attached hydrogens (tertiary/aromatic N) is 1. The third-order valence-electron chi connectivity index (χ3n) is 4.15. The highest BCUT2D eigenvalue weighted by atomic mass is 19.4. The molecule has 0 bridgehead atoms. The number of hydrazine groups is 1. The Balaban J connectivity index is 2.32. The maximum absolute atomic E-state index is 14.1. The number of amides is 1. The second-order valence-electron chi connectivity index (χ2n) is 6.89. The maximum atomic E-state index is 14.1. The molecule has 164 valence electrons. The highest BCUT2D eigenvalue weighted by molar-refractivity contribution is 5.93. The second-order valence-corrected chi connectivity index (χ2v) is 6.89. The first-order valence-corrected chi connectivity index (χ1v) is 8.82. The standard InChI is InChI=1S/C20H19F7N2O/c1-13(2)28-29(17(30)15-6-4-3-5-7-15)12-14-8-10-16(11-9-14)18(21,19(22,23)24)20(25,26)27/h3-11,13,28H,12H2,1-2H3. The molecule has 0 spiro atoms. The number of hydrogen-bond acceptors (Lipinski definition) is 2. The summed E-state index contributed by atoms with van der Waals surface area (Å²) in [5, 5.41) is 1.19. The Morgan fingerprint density at radius 3 is 1.80 bits per heavy atom. The van der Waals surface area contributed by atoms with Crippen LogP contribution in [0.15, 0.2) is 54.6 Å². The van der Waals surface area contributed by atoms with Crippen molar-refractivity contribution in [2.75, 3.05) is 0 Å². The predicted octanol–water partition coefficient (Wildman–Crippen LogP) is 5.53. The highest BCUT2D eigenvalue weighted by Gasteiger charge is 2.73. The SMILES string of the molecule is CC(C)NN(Cc1ccc(C(F)(C(F)(F)F)C(F)(F)F)cc1)C(=O)c1ccccc1. The molecule has 0 heterocycles. The van der Waals surface area contributed by atoms with Gasteiger partial charge in [0.25, 0.3) is 5.91 Å². The minimum Gasteiger partial charge on any atom is -0.269 e. The molecule has 1 amide bonds. The lowest BCUT2D eigenvalue weighted by Crippen LogP contribution is -2.50. The van der Waals surface area contributed by atoms with Gasteiger partial charge in [-0.25, -0.2) is 9.82 Å². The van der Waals surface area contributed by atoms with Crippen LogP contribution < -0.4 is 5.43 Å². The monoisotopic (exact) mass is 436 g/mol. The molecule has 0 saturated heterocycles. The van der Waals surface area contributed by atoms with E-state index < -0.39 is 29.5 Å². The van der Waals surface area contributed by atoms with Crippen LogP contribution in [0.1, 0.15) is 35.3 Å². The van der Waals surface area contributed by atoms with E-state index >= 15 is 0 Å². The van der Waals surface area contributed by atoms with E-state index in [1.165, 1.54) is 5.01 Å². The van der Waals surface area contributed by atoms with Gasteiger partial charge in [0.1, 0.15) is 0 Å². The van der Waals surface area contributed by atoms with E-state index in [-0.39, 0.29) is 18.2 Å². The molecule has 0 aromatic heterocycles. The quantitative estimate of drug-likeness (QED) is 0.477. The van der Waals surface area contributed by atoms with Gasteiger partial charge in [0, 0.05) is 17.2 Å². The number of carbonyl (C=O) groups is 1. The van der Waals surface area contributed by atoms with Crippen molar-refractivity contribution < 1.29 is 35.5 Å². The average molecular weight is 436 g/mol. The summed E-state index contributed by atoms with van der Waals surface area (Å²) in [5.74, 6) is -0.446. The van der Waals surface area contributed by atoms with Crippen molar-refractivity contribution in [3.63, 3.8) is 0 Å². The molecule has 2 rings (SSSR count). The number of carbonyl (C=O) groups excluding carboxylic acids is 1. The zero-order valence-electron chi connectivity index (χ0n) is 16.0. The van der Waals surface area contributed by atoms with Gasteiger partial charge < -0.3 is 0 Å². The van der Waals surface area contributed by atoms with Crippen LogP contribution in [-0.4, -0.2) is 29.3 Å². The third-order valence-corrected chi connectivity index (χ3v) is 4.15. The van der Waals surface area contributed by atoms with Gasteiger partial charge in [0.15, 0.2) is 0 Å². The van der Waals surface area contributed by atoms with Crippen LogP contribution in [0.25, 0.3) is 0 Å². The van der Waals surface area contributed by atoms with Gasteiger partial charge in [-0.1, -0.05) is 42.5 Å². The lowest BCUT2D eigenvalue weighted by molar-refractivity contribution is -0.348. The van der Waals surface area contributed by atoms with Gasteiger partial charge in [-0.05, 0) is 31.5 Å². The largest absolute Gasteiger partial charge is 0.435 e. The van der Waals surface area contributed by atoms with Crippen LogP contribution in [0, 0.1) is 0 Å². The van der Waals surface area contributed by atoms with Crippen molar-refractivity contribution in [3.05, 3.63) is 71.3 Å². The normalized spacial score (nSPS) is 12.9. The van der Waals surface area contributed by atoms with E-state index in [2.05, 4.69) is 5.43 Å². The molecule has 30 heavy (non-hydrogen) atoms. The average Bonchev–Trinajstić information content (AvgIpc) is 2.65. The van der Waals surface area contributed by atoms with Crippen LogP contribution in [0.3, 0.4) is 0 Å². The van der Waals surface area contributed by atoms with Crippen molar-refractivity contribution in [1.82, 2.24) is 10.4 Å². The number of halogens is 7. The van der Waals surface area contributed by atoms with E-state index in [4.69, 9.17) is 0 Å². The molecular weight excluding hydrogens is 417 g/mol. The fraction of sp³-hybridized carbons (Fsp3) is 0.350. The van der Waals surface area contributed by atoms with Crippen molar-refractivity contribution in [1.29, 1.82) is 0 Å². The van der Waals surface area contributed by atoms with Gasteiger partial charge in [-0.15, -0.1) is 0 Å². The van der Waals surface area contributed by atoms with Crippen LogP contribution in [0.4, 0.5) is 30.7 Å². The van der Waals surface area contributed by atoms with Gasteiger partial charge in [-0.3, -0.25) is 9.80 Å². The summed E-state index contributed by atoms with van der Waals surface area (Å²) in [4.78, 5) is 12.7. The predicted molar refractivity (Wildman–Crippen MR) is 95.9 cm³/mol. The summed E-state index contributed by atoms with van der Waals surface area (Å²) in [7, 11) is 0. The van der Waals surface area contributed by atoms with Crippen LogP contribution in [0.5, 0.6) is 0 Å². The van der Waals surface area contributed by atoms with Crippen LogP contribution >= 0.6 is 0 Å². The molecular formula is C20H19F7N2O. The highest BCUT2D eigenvalue weighted by Crippen LogP contribution is 2.53. The zero-order chi connectivity index (χ0) is 22.7. The van der Waals surface area contributed by atoms with Gasteiger partial charge >= 0.3 is 18.0 Å². The number of nitrogens with one attached hydrogen (secondary N) is 1. The molecule has 0 radical (unpaired) electrons. The second kappa shape index (κ2) is 8.63. The Hall–Kier alpha value is -2.62. The lowest BCUT2D eigenvalue weighted by atomic mass is 9.93. The summed E-state index contributed by atoms with van der Waals surface area (Å²) in [6, 6.07) is 10.6. The van der Waals surface area contributed by atoms with Crippen molar-refractivity contribution >= 4 is 5.91 Å². The van der Waals surface area contributed by atoms with E-state index in [9.17, 15) is 35.5 Å². The Bertz CT molecular complexity index is 832. The molecule has 10 heteroatoms. The molecule has 0 atom stereocenters. The fourth-order valence-corrected chi connectivity index (χ4v) is 2.73. The Morgan fingerprint density at radius 2 is 1.37 bits per heavy atom. The fourth-order valence-electron chi connectivity index (χ4n) is 2.73. The third kappa shape index (κ3) is 4.92. The van der Waals surface area contributed by atoms with Gasteiger partial charge in [0.05, 0.1) is 6.54 Å². The summed E-state index contributed by atoms with van der Waals surface area (Å²) in [5.41, 5.74) is -3.66. The molecule has 1 N–H and O–H groups in total. The van der Waals surface area contributed by atoms with Crippen molar-refractivity contribution in [2.24, 2.45) is 0 Å². The Morgan fingerprint density at radius 1 is 0.867 bits per heavy atom. The topological polar surface area (TPSA) is 32.3 Å². The number of alkyl halides is 7. The lowest BCUT2D eigenvalue weighted by Gasteiger charge is -2.30. The molecule has 0 saturated carbocycles. The first-order valence-electron chi connectivity index (χ1n) is 8.82. The minimum absolute atomic E-state index is 0.163. The van der Waals surface area contributed by atoms with Crippen LogP contribution in [0.2, 0.25) is 0 Å². The van der Waals surface area contributed by atoms with E-state index in [1.807, 2.05) is 0 Å².